The average molecular weight is 346 g/mol. The number of aliphatic carboxylic acids is 2. The Morgan fingerprint density at radius 3 is 2.39 bits per heavy atom. The van der Waals surface area contributed by atoms with Gasteiger partial charge in [0.2, 0.25) is 0 Å². The van der Waals surface area contributed by atoms with Crippen molar-refractivity contribution in [2.75, 3.05) is 0 Å². The van der Waals surface area contributed by atoms with Crippen molar-refractivity contribution in [3.05, 3.63) is 23.9 Å². The monoisotopic (exact) mass is 346 g/mol. The summed E-state index contributed by atoms with van der Waals surface area (Å²) in [5, 5.41) is 25.7. The molecule has 0 unspecified atom stereocenters. The maximum atomic E-state index is 12.1. The number of aromatic carboxylic acids is 1. The predicted octanol–water partition coefficient (Wildman–Crippen LogP) is -0.234. The van der Waals surface area contributed by atoms with Crippen LogP contribution in [0.1, 0.15) is 29.6 Å². The molecule has 10 nitrogen and oxygen atoms in total. The Kier molecular flexibility index (Phi) is 6.16. The van der Waals surface area contributed by atoms with E-state index in [1.54, 1.807) is 0 Å². The van der Waals surface area contributed by atoms with Crippen LogP contribution in [-0.2, 0) is 19.6 Å². The second-order valence-electron chi connectivity index (χ2n) is 4.49. The van der Waals surface area contributed by atoms with Crippen LogP contribution in [0.15, 0.2) is 23.4 Å². The fraction of sp³-hybridized carbons (Fsp3) is 0.333. The van der Waals surface area contributed by atoms with Crippen LogP contribution in [0.25, 0.3) is 0 Å². The van der Waals surface area contributed by atoms with Gasteiger partial charge >= 0.3 is 17.9 Å². The van der Waals surface area contributed by atoms with E-state index in [4.69, 9.17) is 15.3 Å². The normalized spacial score (nSPS) is 12.5. The van der Waals surface area contributed by atoms with E-state index in [2.05, 4.69) is 4.98 Å². The third-order valence-electron chi connectivity index (χ3n) is 2.74. The van der Waals surface area contributed by atoms with Gasteiger partial charge in [0.15, 0.2) is 5.03 Å². The van der Waals surface area contributed by atoms with Crippen molar-refractivity contribution in [3.63, 3.8) is 0 Å². The first-order valence-electron chi connectivity index (χ1n) is 6.30. The van der Waals surface area contributed by atoms with E-state index in [0.717, 1.165) is 18.3 Å². The van der Waals surface area contributed by atoms with E-state index in [-0.39, 0.29) is 24.8 Å². The van der Waals surface area contributed by atoms with Gasteiger partial charge in [0.25, 0.3) is 10.0 Å². The summed E-state index contributed by atoms with van der Waals surface area (Å²) in [6, 6.07) is 0.332. The molecular formula is C12H14N2O8S. The molecule has 0 fully saturated rings. The number of hydrogen-bond donors (Lipinski definition) is 4. The standard InChI is InChI=1S/C12H14N2O8S/c15-10(16)3-1-2-8(12(19)20)14-23(21,22)9-6-7(11(17)18)4-5-13-9/h4-6,8,14H,1-3H2,(H,15,16)(H,17,18)(H,19,20)/t8-/m1/s1. The van der Waals surface area contributed by atoms with Crippen LogP contribution in [0.4, 0.5) is 0 Å². The highest BCUT2D eigenvalue weighted by Crippen LogP contribution is 2.11. The number of carbonyl (C=O) groups is 3. The molecule has 0 amide bonds. The molecule has 1 aromatic heterocycles. The Morgan fingerprint density at radius 1 is 1.22 bits per heavy atom. The summed E-state index contributed by atoms with van der Waals surface area (Å²) in [4.78, 5) is 35.8. The molecule has 0 spiro atoms. The Balaban J connectivity index is 2.93. The number of nitrogens with one attached hydrogen (secondary N) is 1. The van der Waals surface area contributed by atoms with Crippen LogP contribution in [0.5, 0.6) is 0 Å². The fourth-order valence-corrected chi connectivity index (χ4v) is 2.82. The molecule has 0 aliphatic heterocycles. The number of carboxylic acid groups (broad SMARTS) is 3. The van der Waals surface area contributed by atoms with Crippen molar-refractivity contribution in [2.24, 2.45) is 0 Å². The highest BCUT2D eigenvalue weighted by atomic mass is 32.2. The lowest BCUT2D eigenvalue weighted by Gasteiger charge is -2.14. The summed E-state index contributed by atoms with van der Waals surface area (Å²) in [6.07, 6.45) is 0.382. The van der Waals surface area contributed by atoms with Crippen LogP contribution in [0.2, 0.25) is 0 Å². The molecule has 23 heavy (non-hydrogen) atoms. The molecule has 0 aliphatic carbocycles. The highest BCUT2D eigenvalue weighted by molar-refractivity contribution is 7.89. The summed E-state index contributed by atoms with van der Waals surface area (Å²) >= 11 is 0. The first kappa shape index (κ1) is 18.5. The summed E-state index contributed by atoms with van der Waals surface area (Å²) in [7, 11) is -4.36. The van der Waals surface area contributed by atoms with E-state index in [1.807, 2.05) is 4.72 Å². The van der Waals surface area contributed by atoms with Gasteiger partial charge < -0.3 is 15.3 Å². The maximum absolute atomic E-state index is 12.1. The molecule has 0 saturated carbocycles. The van der Waals surface area contributed by atoms with Gasteiger partial charge in [0, 0.05) is 12.6 Å². The highest BCUT2D eigenvalue weighted by Gasteiger charge is 2.26. The Morgan fingerprint density at radius 2 is 1.87 bits per heavy atom. The van der Waals surface area contributed by atoms with E-state index >= 15 is 0 Å². The average Bonchev–Trinajstić information content (AvgIpc) is 2.45. The van der Waals surface area contributed by atoms with Crippen molar-refractivity contribution in [3.8, 4) is 0 Å². The molecule has 11 heteroatoms. The maximum Gasteiger partial charge on any atom is 0.335 e. The van der Waals surface area contributed by atoms with Crippen molar-refractivity contribution in [1.29, 1.82) is 0 Å². The third-order valence-corrected chi connectivity index (χ3v) is 4.10. The minimum absolute atomic E-state index is 0.0442. The molecule has 1 atom stereocenters. The van der Waals surface area contributed by atoms with Gasteiger partial charge in [-0.1, -0.05) is 0 Å². The van der Waals surface area contributed by atoms with Gasteiger partial charge in [0.1, 0.15) is 6.04 Å². The second kappa shape index (κ2) is 7.65. The zero-order valence-electron chi connectivity index (χ0n) is 11.7. The molecule has 0 bridgehead atoms. The molecule has 1 rings (SSSR count). The number of carboxylic acids is 3. The number of sulfonamides is 1. The Labute approximate surface area is 130 Å². The lowest BCUT2D eigenvalue weighted by atomic mass is 10.1. The topological polar surface area (TPSA) is 171 Å². The second-order valence-corrected chi connectivity index (χ2v) is 6.15. The molecule has 4 N–H and O–H groups in total. The van der Waals surface area contributed by atoms with Gasteiger partial charge in [-0.15, -0.1) is 0 Å². The molecule has 0 saturated heterocycles. The summed E-state index contributed by atoms with van der Waals surface area (Å²) in [6.45, 7) is 0. The minimum atomic E-state index is -4.36. The van der Waals surface area contributed by atoms with E-state index in [1.165, 1.54) is 0 Å². The molecule has 1 heterocycles. The van der Waals surface area contributed by atoms with Crippen molar-refractivity contribution in [1.82, 2.24) is 9.71 Å². The van der Waals surface area contributed by atoms with Crippen LogP contribution >= 0.6 is 0 Å². The Bertz CT molecular complexity index is 716. The molecule has 0 aliphatic rings. The SMILES string of the molecule is O=C(O)CCC[C@@H](NS(=O)(=O)c1cc(C(=O)O)ccn1)C(=O)O. The van der Waals surface area contributed by atoms with E-state index < -0.39 is 39.0 Å². The third kappa shape index (κ3) is 5.64. The number of hydrogen-bond acceptors (Lipinski definition) is 6. The number of rotatable bonds is 9. The number of pyridine rings is 1. The largest absolute Gasteiger partial charge is 0.481 e. The Hall–Kier alpha value is -2.53. The molecule has 1 aromatic rings. The van der Waals surface area contributed by atoms with E-state index in [0.29, 0.717) is 0 Å². The molecule has 0 radical (unpaired) electrons. The summed E-state index contributed by atoms with van der Waals surface area (Å²) < 4.78 is 26.0. The lowest BCUT2D eigenvalue weighted by molar-refractivity contribution is -0.140. The lowest BCUT2D eigenvalue weighted by Crippen LogP contribution is -2.41. The minimum Gasteiger partial charge on any atom is -0.481 e. The predicted molar refractivity (Wildman–Crippen MR) is 74.4 cm³/mol. The van der Waals surface area contributed by atoms with Crippen molar-refractivity contribution < 1.29 is 38.1 Å². The van der Waals surface area contributed by atoms with Gasteiger partial charge in [-0.05, 0) is 25.0 Å². The van der Waals surface area contributed by atoms with E-state index in [9.17, 15) is 22.8 Å². The first-order chi connectivity index (χ1) is 10.6. The van der Waals surface area contributed by atoms with Crippen molar-refractivity contribution in [2.45, 2.75) is 30.3 Å². The van der Waals surface area contributed by atoms with Crippen LogP contribution in [-0.4, -0.2) is 52.7 Å². The van der Waals surface area contributed by atoms with Crippen molar-refractivity contribution >= 4 is 27.9 Å². The summed E-state index contributed by atoms with van der Waals surface area (Å²) in [5.74, 6) is -3.97. The number of aromatic nitrogens is 1. The zero-order valence-corrected chi connectivity index (χ0v) is 12.5. The first-order valence-corrected chi connectivity index (χ1v) is 7.78. The zero-order chi connectivity index (χ0) is 17.6. The van der Waals surface area contributed by atoms with Gasteiger partial charge in [-0.25, -0.2) is 18.2 Å². The van der Waals surface area contributed by atoms with Crippen LogP contribution in [0.3, 0.4) is 0 Å². The molecule has 0 aromatic carbocycles. The summed E-state index contributed by atoms with van der Waals surface area (Å²) in [5.41, 5.74) is -0.321. The quantitative estimate of drug-likeness (QED) is 0.471. The van der Waals surface area contributed by atoms with Gasteiger partial charge in [-0.2, -0.15) is 4.72 Å². The van der Waals surface area contributed by atoms with Crippen LogP contribution in [0, 0.1) is 0 Å². The fourth-order valence-electron chi connectivity index (χ4n) is 1.63. The number of nitrogens with zero attached hydrogens (tertiary/aromatic N) is 1. The van der Waals surface area contributed by atoms with Crippen LogP contribution < -0.4 is 4.72 Å². The van der Waals surface area contributed by atoms with Gasteiger partial charge in [-0.3, -0.25) is 9.59 Å². The smallest absolute Gasteiger partial charge is 0.335 e. The molecule has 126 valence electrons. The van der Waals surface area contributed by atoms with Gasteiger partial charge in [0.05, 0.1) is 5.56 Å². The molecular weight excluding hydrogens is 332 g/mol.